The fraction of sp³-hybridized carbons (Fsp3) is 0.529. The molecule has 1 aliphatic rings. The molecular weight excluding hydrogens is 390 g/mol. The van der Waals surface area contributed by atoms with E-state index in [9.17, 15) is 14.4 Å². The van der Waals surface area contributed by atoms with E-state index in [0.29, 0.717) is 15.6 Å². The molecule has 1 aliphatic carbocycles. The first-order valence-electron chi connectivity index (χ1n) is 8.79. The van der Waals surface area contributed by atoms with Crippen LogP contribution in [0.3, 0.4) is 0 Å². The summed E-state index contributed by atoms with van der Waals surface area (Å²) in [5.74, 6) is -0.685. The van der Waals surface area contributed by atoms with Crippen molar-refractivity contribution in [3.63, 3.8) is 0 Å². The minimum Gasteiger partial charge on any atom is -0.462 e. The molecule has 10 heteroatoms. The van der Waals surface area contributed by atoms with Crippen molar-refractivity contribution in [3.8, 4) is 0 Å². The Balaban J connectivity index is 1.81. The van der Waals surface area contributed by atoms with Crippen LogP contribution in [0.15, 0.2) is 14.3 Å². The number of thioether (sulfide) groups is 1. The van der Waals surface area contributed by atoms with Crippen LogP contribution < -0.4 is 15.6 Å². The van der Waals surface area contributed by atoms with Gasteiger partial charge in [-0.2, -0.15) is 0 Å². The van der Waals surface area contributed by atoms with Gasteiger partial charge < -0.3 is 10.1 Å². The molecule has 0 aromatic carbocycles. The van der Waals surface area contributed by atoms with E-state index in [1.165, 1.54) is 16.0 Å². The van der Waals surface area contributed by atoms with Crippen LogP contribution in [0.1, 0.15) is 47.5 Å². The summed E-state index contributed by atoms with van der Waals surface area (Å²) in [4.78, 5) is 38.0. The fourth-order valence-corrected chi connectivity index (χ4v) is 5.08. The number of esters is 1. The number of ether oxygens (including phenoxy) is 1. The van der Waals surface area contributed by atoms with Crippen LogP contribution in [0.2, 0.25) is 0 Å². The average Bonchev–Trinajstić information content (AvgIpc) is 3.16. The maximum absolute atomic E-state index is 12.7. The third kappa shape index (κ3) is 4.11. The quantitative estimate of drug-likeness (QED) is 0.427. The van der Waals surface area contributed by atoms with Gasteiger partial charge in [0.05, 0.1) is 17.4 Å². The number of hydrogen-bond donors (Lipinski definition) is 2. The maximum atomic E-state index is 12.7. The van der Waals surface area contributed by atoms with Gasteiger partial charge in [0.15, 0.2) is 7.05 Å². The lowest BCUT2D eigenvalue weighted by atomic mass is 9.95. The predicted molar refractivity (Wildman–Crippen MR) is 101 cm³/mol. The summed E-state index contributed by atoms with van der Waals surface area (Å²) in [6.45, 7) is 3.74. The zero-order chi connectivity index (χ0) is 19.6. The molecule has 2 heterocycles. The van der Waals surface area contributed by atoms with Gasteiger partial charge in [-0.1, -0.05) is 4.68 Å². The van der Waals surface area contributed by atoms with Gasteiger partial charge in [-0.25, -0.2) is 9.59 Å². The molecule has 0 spiro atoms. The molecule has 3 rings (SSSR count). The number of carbonyl (C=O) groups excluding carboxylic acids is 2. The number of aryl methyl sites for hydroxylation is 2. The Hall–Kier alpha value is -2.07. The van der Waals surface area contributed by atoms with Crippen LogP contribution in [0.25, 0.3) is 0 Å². The molecule has 0 saturated heterocycles. The Bertz CT molecular complexity index is 914. The lowest BCUT2D eigenvalue weighted by molar-refractivity contribution is -0.772. The molecule has 0 radical (unpaired) electrons. The van der Waals surface area contributed by atoms with E-state index < -0.39 is 16.8 Å². The Morgan fingerprint density at radius 2 is 2.15 bits per heavy atom. The molecule has 0 aliphatic heterocycles. The van der Waals surface area contributed by atoms with Crippen molar-refractivity contribution in [2.24, 2.45) is 7.05 Å². The molecule has 0 saturated carbocycles. The molecule has 1 unspecified atom stereocenters. The van der Waals surface area contributed by atoms with Crippen molar-refractivity contribution in [3.05, 3.63) is 26.4 Å². The van der Waals surface area contributed by atoms with Crippen molar-refractivity contribution in [1.29, 1.82) is 0 Å². The average molecular weight is 413 g/mol. The van der Waals surface area contributed by atoms with E-state index in [2.05, 4.69) is 10.6 Å². The van der Waals surface area contributed by atoms with Crippen molar-refractivity contribution < 1.29 is 23.5 Å². The van der Waals surface area contributed by atoms with Crippen LogP contribution in [0, 0.1) is 0 Å². The monoisotopic (exact) mass is 412 g/mol. The molecule has 2 aromatic rings. The number of hydrogen-bond acceptors (Lipinski definition) is 7. The number of thiophene rings is 1. The van der Waals surface area contributed by atoms with Crippen LogP contribution in [-0.4, -0.2) is 29.0 Å². The highest BCUT2D eigenvalue weighted by Crippen LogP contribution is 2.39. The molecule has 1 amide bonds. The lowest BCUT2D eigenvalue weighted by Crippen LogP contribution is -2.35. The van der Waals surface area contributed by atoms with E-state index in [1.54, 1.807) is 20.9 Å². The van der Waals surface area contributed by atoms with Crippen LogP contribution >= 0.6 is 23.1 Å². The summed E-state index contributed by atoms with van der Waals surface area (Å²) < 4.78 is 11.3. The molecule has 0 bridgehead atoms. The van der Waals surface area contributed by atoms with Gasteiger partial charge in [-0.3, -0.25) is 9.32 Å². The highest BCUT2D eigenvalue weighted by Gasteiger charge is 2.30. The minimum absolute atomic E-state index is 0.281. The number of carbonyl (C=O) groups is 2. The second kappa shape index (κ2) is 8.30. The molecule has 2 aromatic heterocycles. The first kappa shape index (κ1) is 19.7. The summed E-state index contributed by atoms with van der Waals surface area (Å²) in [6.07, 6.45) is 3.83. The van der Waals surface area contributed by atoms with Crippen molar-refractivity contribution in [2.45, 2.75) is 49.8 Å². The number of anilines is 1. The number of nitrogens with one attached hydrogen (secondary N) is 2. The summed E-state index contributed by atoms with van der Waals surface area (Å²) in [5, 5.41) is 5.56. The summed E-state index contributed by atoms with van der Waals surface area (Å²) in [5.41, 5.74) is 0.952. The molecule has 2 N–H and O–H groups in total. The Morgan fingerprint density at radius 1 is 1.41 bits per heavy atom. The Morgan fingerprint density at radius 3 is 2.81 bits per heavy atom. The van der Waals surface area contributed by atoms with E-state index >= 15 is 0 Å². The second-order valence-corrected chi connectivity index (χ2v) is 8.66. The predicted octanol–water partition coefficient (Wildman–Crippen LogP) is 2.03. The zero-order valence-electron chi connectivity index (χ0n) is 15.4. The largest absolute Gasteiger partial charge is 0.462 e. The van der Waals surface area contributed by atoms with Crippen LogP contribution in [0.5, 0.6) is 0 Å². The molecule has 8 nitrogen and oxygen atoms in total. The highest BCUT2D eigenvalue weighted by molar-refractivity contribution is 8.00. The van der Waals surface area contributed by atoms with E-state index in [0.717, 1.165) is 47.9 Å². The van der Waals surface area contributed by atoms with Crippen molar-refractivity contribution >= 4 is 40.0 Å². The maximum Gasteiger partial charge on any atom is 0.441 e. The third-order valence-electron chi connectivity index (χ3n) is 4.30. The van der Waals surface area contributed by atoms with E-state index in [4.69, 9.17) is 9.26 Å². The lowest BCUT2D eigenvalue weighted by Gasteiger charge is -2.13. The number of rotatable bonds is 6. The smallest absolute Gasteiger partial charge is 0.441 e. The Labute approximate surface area is 164 Å². The second-order valence-electron chi connectivity index (χ2n) is 6.23. The first-order chi connectivity index (χ1) is 12.9. The van der Waals surface area contributed by atoms with Gasteiger partial charge in [0.1, 0.15) is 5.00 Å². The van der Waals surface area contributed by atoms with Crippen LogP contribution in [-0.2, 0) is 29.4 Å². The summed E-state index contributed by atoms with van der Waals surface area (Å²) in [6, 6.07) is 0. The zero-order valence-corrected chi connectivity index (χ0v) is 17.1. The number of H-pyrrole nitrogens is 1. The number of aromatic nitrogens is 2. The van der Waals surface area contributed by atoms with E-state index in [1.807, 2.05) is 0 Å². The molecule has 146 valence electrons. The van der Waals surface area contributed by atoms with Gasteiger partial charge >= 0.3 is 16.6 Å². The molecule has 0 fully saturated rings. The highest BCUT2D eigenvalue weighted by atomic mass is 32.2. The van der Waals surface area contributed by atoms with Gasteiger partial charge in [-0.15, -0.1) is 11.3 Å². The minimum atomic E-state index is -0.552. The Kier molecular flexibility index (Phi) is 6.05. The first-order valence-corrected chi connectivity index (χ1v) is 10.5. The standard InChI is InChI=1S/C17H21N3O5S2/c1-4-24-16(22)12-10-7-5-6-8-11(10)27-14(12)18-13(21)9(2)26-15-17(23)25-19-20(15)3/h9H,4-8H2,1-3H3,(H-,18,19,21,22,23)/p+1. The SMILES string of the molecule is CCOC(=O)c1c(NC(=O)C(C)Sc2c(=O)o[nH][n+]2C)sc2c1CCCC2. The summed E-state index contributed by atoms with van der Waals surface area (Å²) in [7, 11) is 1.63. The molecule has 1 atom stereocenters. The van der Waals surface area contributed by atoms with Gasteiger partial charge in [-0.05, 0) is 62.1 Å². The number of nitrogens with zero attached hydrogens (tertiary/aromatic N) is 1. The molecular formula is C17H22N3O5S2+. The normalized spacial score (nSPS) is 14.5. The van der Waals surface area contributed by atoms with Gasteiger partial charge in [0.25, 0.3) is 0 Å². The number of amides is 1. The van der Waals surface area contributed by atoms with Crippen molar-refractivity contribution in [2.75, 3.05) is 11.9 Å². The van der Waals surface area contributed by atoms with Gasteiger partial charge in [0.2, 0.25) is 5.91 Å². The van der Waals surface area contributed by atoms with E-state index in [-0.39, 0.29) is 12.5 Å². The molecule has 27 heavy (non-hydrogen) atoms. The topological polar surface area (TPSA) is 105 Å². The van der Waals surface area contributed by atoms with Gasteiger partial charge in [0, 0.05) is 4.88 Å². The number of fused-ring (bicyclic) bond motifs is 1. The summed E-state index contributed by atoms with van der Waals surface area (Å²) >= 11 is 2.53. The fourth-order valence-electron chi connectivity index (χ4n) is 2.97. The van der Waals surface area contributed by atoms with Crippen molar-refractivity contribution in [1.82, 2.24) is 5.27 Å². The van der Waals surface area contributed by atoms with Crippen LogP contribution in [0.4, 0.5) is 5.00 Å². The number of aromatic amines is 1. The third-order valence-corrected chi connectivity index (χ3v) is 6.74.